The number of methoxy groups -OCH3 is 2. The summed E-state index contributed by atoms with van der Waals surface area (Å²) in [6.45, 7) is 3.51. The number of ether oxygens (including phenoxy) is 2. The highest BCUT2D eigenvalue weighted by Gasteiger charge is 2.30. The van der Waals surface area contributed by atoms with E-state index < -0.39 is 17.4 Å². The first-order chi connectivity index (χ1) is 9.24. The monoisotopic (exact) mass is 300 g/mol. The van der Waals surface area contributed by atoms with Gasteiger partial charge in [0.15, 0.2) is 0 Å². The SMILES string of the molecule is COc1ccc(C(N)CC(C)(C)C(N)=O)c(OC)c1Cl. The summed E-state index contributed by atoms with van der Waals surface area (Å²) in [5.74, 6) is 0.568. The van der Waals surface area contributed by atoms with Gasteiger partial charge < -0.3 is 20.9 Å². The molecule has 0 saturated heterocycles. The average molecular weight is 301 g/mol. The van der Waals surface area contributed by atoms with Crippen LogP contribution in [0.4, 0.5) is 0 Å². The lowest BCUT2D eigenvalue weighted by molar-refractivity contribution is -0.126. The third-order valence-corrected chi connectivity index (χ3v) is 3.67. The summed E-state index contributed by atoms with van der Waals surface area (Å²) in [6.07, 6.45) is 0.390. The van der Waals surface area contributed by atoms with Crippen molar-refractivity contribution >= 4 is 17.5 Å². The third-order valence-electron chi connectivity index (χ3n) is 3.31. The maximum Gasteiger partial charge on any atom is 0.223 e. The van der Waals surface area contributed by atoms with E-state index >= 15 is 0 Å². The number of rotatable bonds is 6. The lowest BCUT2D eigenvalue weighted by atomic mass is 9.83. The van der Waals surface area contributed by atoms with Crippen molar-refractivity contribution in [1.29, 1.82) is 0 Å². The van der Waals surface area contributed by atoms with Gasteiger partial charge in [-0.15, -0.1) is 0 Å². The van der Waals surface area contributed by atoms with E-state index in [4.69, 9.17) is 32.5 Å². The van der Waals surface area contributed by atoms with Crippen LogP contribution in [0.2, 0.25) is 5.02 Å². The zero-order valence-corrected chi connectivity index (χ0v) is 13.0. The van der Waals surface area contributed by atoms with Crippen LogP contribution < -0.4 is 20.9 Å². The number of benzene rings is 1. The number of amides is 1. The van der Waals surface area contributed by atoms with E-state index in [0.29, 0.717) is 28.5 Å². The van der Waals surface area contributed by atoms with Gasteiger partial charge in [0.25, 0.3) is 0 Å². The van der Waals surface area contributed by atoms with Crippen molar-refractivity contribution < 1.29 is 14.3 Å². The number of halogens is 1. The van der Waals surface area contributed by atoms with Crippen LogP contribution in [-0.4, -0.2) is 20.1 Å². The summed E-state index contributed by atoms with van der Waals surface area (Å²) < 4.78 is 10.4. The predicted octanol–water partition coefficient (Wildman–Crippen LogP) is 2.26. The number of nitrogens with two attached hydrogens (primary N) is 2. The van der Waals surface area contributed by atoms with Gasteiger partial charge in [0, 0.05) is 17.0 Å². The van der Waals surface area contributed by atoms with E-state index in [0.717, 1.165) is 0 Å². The van der Waals surface area contributed by atoms with E-state index in [9.17, 15) is 4.79 Å². The molecule has 0 aliphatic heterocycles. The topological polar surface area (TPSA) is 87.6 Å². The number of hydrogen-bond donors (Lipinski definition) is 2. The summed E-state index contributed by atoms with van der Waals surface area (Å²) in [5.41, 5.74) is 11.5. The standard InChI is InChI=1S/C14H21ClN2O3/c1-14(2,13(17)18)7-9(16)8-5-6-10(19-3)11(15)12(8)20-4/h5-6,9H,7,16H2,1-4H3,(H2,17,18). The molecule has 112 valence electrons. The third kappa shape index (κ3) is 3.35. The summed E-state index contributed by atoms with van der Waals surface area (Å²) in [5, 5.41) is 0.361. The molecule has 0 saturated carbocycles. The van der Waals surface area contributed by atoms with Crippen molar-refractivity contribution in [1.82, 2.24) is 0 Å². The molecule has 1 rings (SSSR count). The molecule has 0 bridgehead atoms. The van der Waals surface area contributed by atoms with Gasteiger partial charge in [0.05, 0.1) is 14.2 Å². The molecule has 1 atom stereocenters. The normalized spacial score (nSPS) is 12.9. The molecular formula is C14H21ClN2O3. The van der Waals surface area contributed by atoms with Gasteiger partial charge >= 0.3 is 0 Å². The molecule has 0 heterocycles. The first-order valence-corrected chi connectivity index (χ1v) is 6.58. The molecule has 0 aliphatic carbocycles. The molecular weight excluding hydrogens is 280 g/mol. The highest BCUT2D eigenvalue weighted by molar-refractivity contribution is 6.33. The van der Waals surface area contributed by atoms with Gasteiger partial charge in [0.2, 0.25) is 5.91 Å². The van der Waals surface area contributed by atoms with Gasteiger partial charge in [-0.1, -0.05) is 25.4 Å². The molecule has 1 aromatic carbocycles. The molecule has 0 radical (unpaired) electrons. The molecule has 1 aromatic rings. The lowest BCUT2D eigenvalue weighted by Crippen LogP contribution is -2.34. The Hall–Kier alpha value is -1.46. The lowest BCUT2D eigenvalue weighted by Gasteiger charge is -2.26. The maximum atomic E-state index is 11.4. The van der Waals surface area contributed by atoms with Gasteiger partial charge in [-0.3, -0.25) is 4.79 Å². The van der Waals surface area contributed by atoms with E-state index in [1.165, 1.54) is 14.2 Å². The first kappa shape index (κ1) is 16.6. The predicted molar refractivity (Wildman–Crippen MR) is 79.1 cm³/mol. The highest BCUT2D eigenvalue weighted by Crippen LogP contribution is 2.41. The first-order valence-electron chi connectivity index (χ1n) is 6.20. The van der Waals surface area contributed by atoms with E-state index in [1.807, 2.05) is 0 Å². The van der Waals surface area contributed by atoms with Crippen LogP contribution in [0.5, 0.6) is 11.5 Å². The van der Waals surface area contributed by atoms with E-state index in [-0.39, 0.29) is 0 Å². The Kier molecular flexibility index (Phi) is 5.25. The van der Waals surface area contributed by atoms with Crippen LogP contribution in [0, 0.1) is 5.41 Å². The second kappa shape index (κ2) is 6.33. The summed E-state index contributed by atoms with van der Waals surface area (Å²) in [6, 6.07) is 3.08. The maximum absolute atomic E-state index is 11.4. The molecule has 0 fully saturated rings. The Morgan fingerprint density at radius 2 is 1.95 bits per heavy atom. The molecule has 1 unspecified atom stereocenters. The fourth-order valence-electron chi connectivity index (χ4n) is 1.97. The molecule has 0 spiro atoms. The van der Waals surface area contributed by atoms with Crippen LogP contribution in [0.25, 0.3) is 0 Å². The smallest absolute Gasteiger partial charge is 0.223 e. The minimum atomic E-state index is -0.711. The van der Waals surface area contributed by atoms with Crippen molar-refractivity contribution in [2.75, 3.05) is 14.2 Å². The second-order valence-corrected chi connectivity index (χ2v) is 5.64. The van der Waals surface area contributed by atoms with Crippen LogP contribution in [-0.2, 0) is 4.79 Å². The molecule has 4 N–H and O–H groups in total. The quantitative estimate of drug-likeness (QED) is 0.843. The molecule has 0 aromatic heterocycles. The Morgan fingerprint density at radius 3 is 2.40 bits per heavy atom. The Labute approximate surface area is 124 Å². The number of carbonyl (C=O) groups excluding carboxylic acids is 1. The zero-order chi connectivity index (χ0) is 15.5. The Balaban J connectivity index is 3.14. The molecule has 1 amide bonds. The minimum Gasteiger partial charge on any atom is -0.495 e. The number of carbonyl (C=O) groups is 1. The molecule has 20 heavy (non-hydrogen) atoms. The summed E-state index contributed by atoms with van der Waals surface area (Å²) in [7, 11) is 3.03. The Bertz CT molecular complexity index is 503. The van der Waals surface area contributed by atoms with E-state index in [2.05, 4.69) is 0 Å². The average Bonchev–Trinajstić information content (AvgIpc) is 2.37. The second-order valence-electron chi connectivity index (χ2n) is 5.26. The number of primary amides is 1. The molecule has 5 nitrogen and oxygen atoms in total. The van der Waals surface area contributed by atoms with Crippen molar-refractivity contribution in [2.24, 2.45) is 16.9 Å². The van der Waals surface area contributed by atoms with Gasteiger partial charge in [-0.25, -0.2) is 0 Å². The summed E-state index contributed by atoms with van der Waals surface area (Å²) in [4.78, 5) is 11.4. The Morgan fingerprint density at radius 1 is 1.35 bits per heavy atom. The molecule has 6 heteroatoms. The van der Waals surface area contributed by atoms with Crippen LogP contribution in [0.15, 0.2) is 12.1 Å². The fourth-order valence-corrected chi connectivity index (χ4v) is 2.30. The number of hydrogen-bond acceptors (Lipinski definition) is 4. The van der Waals surface area contributed by atoms with E-state index in [1.54, 1.807) is 26.0 Å². The minimum absolute atomic E-state index is 0.361. The summed E-state index contributed by atoms with van der Waals surface area (Å²) >= 11 is 6.19. The van der Waals surface area contributed by atoms with Gasteiger partial charge in [0.1, 0.15) is 16.5 Å². The van der Waals surface area contributed by atoms with Crippen LogP contribution in [0.1, 0.15) is 31.9 Å². The van der Waals surface area contributed by atoms with Gasteiger partial charge in [-0.05, 0) is 18.6 Å². The van der Waals surface area contributed by atoms with Gasteiger partial charge in [-0.2, -0.15) is 0 Å². The fraction of sp³-hybridized carbons (Fsp3) is 0.500. The van der Waals surface area contributed by atoms with Crippen molar-refractivity contribution in [2.45, 2.75) is 26.3 Å². The van der Waals surface area contributed by atoms with Crippen LogP contribution in [0.3, 0.4) is 0 Å². The van der Waals surface area contributed by atoms with Crippen molar-refractivity contribution in [3.63, 3.8) is 0 Å². The van der Waals surface area contributed by atoms with Crippen LogP contribution >= 0.6 is 11.6 Å². The van der Waals surface area contributed by atoms with Crippen molar-refractivity contribution in [3.8, 4) is 11.5 Å². The van der Waals surface area contributed by atoms with Crippen molar-refractivity contribution in [3.05, 3.63) is 22.7 Å². The largest absolute Gasteiger partial charge is 0.495 e. The molecule has 0 aliphatic rings. The highest BCUT2D eigenvalue weighted by atomic mass is 35.5. The zero-order valence-electron chi connectivity index (χ0n) is 12.2.